The molecule has 0 spiro atoms. The maximum Gasteiger partial charge on any atom is 0.196 e. The van der Waals surface area contributed by atoms with Crippen molar-refractivity contribution in [3.05, 3.63) is 16.5 Å². The summed E-state index contributed by atoms with van der Waals surface area (Å²) in [5, 5.41) is 11.7. The number of aromatic amines is 1. The number of nitrogens with one attached hydrogen (secondary N) is 1. The molecule has 5 heteroatoms. The van der Waals surface area contributed by atoms with E-state index in [4.69, 9.17) is 11.6 Å². The van der Waals surface area contributed by atoms with E-state index in [1.807, 2.05) is 18.4 Å². The van der Waals surface area contributed by atoms with Gasteiger partial charge in [-0.2, -0.15) is 0 Å². The molecule has 0 aliphatic rings. The van der Waals surface area contributed by atoms with Crippen LogP contribution in [0.2, 0.25) is 5.02 Å². The van der Waals surface area contributed by atoms with E-state index in [2.05, 4.69) is 15.3 Å². The molecule has 0 atom stereocenters. The Balaban J connectivity index is 2.79. The van der Waals surface area contributed by atoms with E-state index < -0.39 is 0 Å². The van der Waals surface area contributed by atoms with Gasteiger partial charge in [0, 0.05) is 6.42 Å². The molecule has 0 saturated heterocycles. The van der Waals surface area contributed by atoms with Crippen LogP contribution in [0.3, 0.4) is 0 Å². The summed E-state index contributed by atoms with van der Waals surface area (Å²) in [4.78, 5) is 0. The zero-order chi connectivity index (χ0) is 8.72. The first-order valence-electron chi connectivity index (χ1n) is 3.82. The lowest BCUT2D eigenvalue weighted by atomic mass is 10.5. The van der Waals surface area contributed by atoms with Gasteiger partial charge in [0.25, 0.3) is 0 Å². The van der Waals surface area contributed by atoms with Crippen molar-refractivity contribution in [2.45, 2.75) is 20.3 Å². The van der Waals surface area contributed by atoms with Crippen LogP contribution in [0.1, 0.15) is 18.4 Å². The number of aromatic nitrogens is 4. The topological polar surface area (TPSA) is 46.0 Å². The Kier molecular flexibility index (Phi) is 1.58. The minimum absolute atomic E-state index is 0.655. The average molecular weight is 185 g/mol. The highest BCUT2D eigenvalue weighted by Gasteiger charge is 2.11. The number of aryl methyl sites for hydroxylation is 2. The molecule has 0 aliphatic heterocycles. The zero-order valence-corrected chi connectivity index (χ0v) is 7.68. The van der Waals surface area contributed by atoms with Gasteiger partial charge < -0.3 is 0 Å². The zero-order valence-electron chi connectivity index (χ0n) is 6.93. The molecule has 2 heterocycles. The van der Waals surface area contributed by atoms with Gasteiger partial charge >= 0.3 is 0 Å². The van der Waals surface area contributed by atoms with Gasteiger partial charge in [-0.25, -0.2) is 4.52 Å². The Bertz CT molecular complexity index is 414. The van der Waals surface area contributed by atoms with Crippen LogP contribution in [0.5, 0.6) is 0 Å². The lowest BCUT2D eigenvalue weighted by molar-refractivity contribution is 0.824. The molecule has 2 aromatic rings. The Morgan fingerprint density at radius 3 is 2.92 bits per heavy atom. The van der Waals surface area contributed by atoms with E-state index in [-0.39, 0.29) is 0 Å². The van der Waals surface area contributed by atoms with Gasteiger partial charge in [0.1, 0.15) is 5.02 Å². The van der Waals surface area contributed by atoms with Crippen molar-refractivity contribution in [3.8, 4) is 0 Å². The lowest BCUT2D eigenvalue weighted by Crippen LogP contribution is -1.92. The summed E-state index contributed by atoms with van der Waals surface area (Å²) in [5.74, 6) is 0.903. The van der Waals surface area contributed by atoms with Gasteiger partial charge in [-0.3, -0.25) is 5.10 Å². The molecule has 0 unspecified atom stereocenters. The molecular formula is C7H9ClN4. The largest absolute Gasteiger partial charge is 0.294 e. The first-order chi connectivity index (χ1) is 5.74. The van der Waals surface area contributed by atoms with E-state index in [1.165, 1.54) is 0 Å². The van der Waals surface area contributed by atoms with Crippen molar-refractivity contribution >= 4 is 17.2 Å². The number of rotatable bonds is 1. The number of hydrogen-bond donors (Lipinski definition) is 1. The van der Waals surface area contributed by atoms with Crippen molar-refractivity contribution in [2.75, 3.05) is 0 Å². The van der Waals surface area contributed by atoms with E-state index in [0.29, 0.717) is 10.7 Å². The highest BCUT2D eigenvalue weighted by molar-refractivity contribution is 6.34. The Morgan fingerprint density at radius 1 is 1.50 bits per heavy atom. The minimum Gasteiger partial charge on any atom is -0.294 e. The molecule has 2 rings (SSSR count). The maximum atomic E-state index is 5.96. The predicted octanol–water partition coefficient (Wildman–Crippen LogP) is 1.58. The van der Waals surface area contributed by atoms with Gasteiger partial charge in [0.2, 0.25) is 0 Å². The van der Waals surface area contributed by atoms with Crippen LogP contribution in [0, 0.1) is 6.92 Å². The van der Waals surface area contributed by atoms with Crippen LogP contribution in [0.15, 0.2) is 0 Å². The second kappa shape index (κ2) is 2.48. The SMILES string of the molecule is CCc1nnc2c(Cl)c(C)[nH]n12. The summed E-state index contributed by atoms with van der Waals surface area (Å²) in [6, 6.07) is 0. The fraction of sp³-hybridized carbons (Fsp3) is 0.429. The van der Waals surface area contributed by atoms with Crippen LogP contribution >= 0.6 is 11.6 Å². The third-order valence-electron chi connectivity index (χ3n) is 1.85. The summed E-state index contributed by atoms with van der Waals surface area (Å²) in [6.07, 6.45) is 0.845. The van der Waals surface area contributed by atoms with E-state index in [9.17, 15) is 0 Å². The summed E-state index contributed by atoms with van der Waals surface area (Å²) >= 11 is 5.96. The standard InChI is InChI=1S/C7H9ClN4/c1-3-5-9-10-7-6(8)4(2)11-12(5)7/h11H,3H2,1-2H3. The van der Waals surface area contributed by atoms with Gasteiger partial charge in [-0.1, -0.05) is 18.5 Å². The molecule has 0 aromatic carbocycles. The predicted molar refractivity (Wildman–Crippen MR) is 46.5 cm³/mol. The molecule has 0 fully saturated rings. The molecule has 0 radical (unpaired) electrons. The van der Waals surface area contributed by atoms with Crippen LogP contribution < -0.4 is 0 Å². The molecule has 0 saturated carbocycles. The summed E-state index contributed by atoms with van der Waals surface area (Å²) < 4.78 is 1.82. The normalized spacial score (nSPS) is 11.2. The van der Waals surface area contributed by atoms with Crippen molar-refractivity contribution in [3.63, 3.8) is 0 Å². The molecule has 1 N–H and O–H groups in total. The number of halogens is 1. The quantitative estimate of drug-likeness (QED) is 0.732. The van der Waals surface area contributed by atoms with Crippen molar-refractivity contribution in [1.29, 1.82) is 0 Å². The fourth-order valence-electron chi connectivity index (χ4n) is 1.19. The number of fused-ring (bicyclic) bond motifs is 1. The minimum atomic E-state index is 0.655. The maximum absolute atomic E-state index is 5.96. The molecule has 12 heavy (non-hydrogen) atoms. The van der Waals surface area contributed by atoms with E-state index >= 15 is 0 Å². The molecule has 64 valence electrons. The third-order valence-corrected chi connectivity index (χ3v) is 2.30. The molecule has 0 bridgehead atoms. The first kappa shape index (κ1) is 7.61. The smallest absolute Gasteiger partial charge is 0.196 e. The first-order valence-corrected chi connectivity index (χ1v) is 4.20. The molecular weight excluding hydrogens is 176 g/mol. The fourth-order valence-corrected chi connectivity index (χ4v) is 1.35. The lowest BCUT2D eigenvalue weighted by Gasteiger charge is -1.88. The van der Waals surface area contributed by atoms with Crippen LogP contribution in [0.25, 0.3) is 5.65 Å². The number of hydrogen-bond acceptors (Lipinski definition) is 2. The van der Waals surface area contributed by atoms with Crippen molar-refractivity contribution in [1.82, 2.24) is 19.8 Å². The summed E-state index contributed by atoms with van der Waals surface area (Å²) in [5.41, 5.74) is 1.64. The summed E-state index contributed by atoms with van der Waals surface area (Å²) in [6.45, 7) is 3.94. The average Bonchev–Trinajstić information content (AvgIpc) is 2.55. The van der Waals surface area contributed by atoms with Crippen LogP contribution in [0.4, 0.5) is 0 Å². The highest BCUT2D eigenvalue weighted by Crippen LogP contribution is 2.19. The number of nitrogens with zero attached hydrogens (tertiary/aromatic N) is 3. The monoisotopic (exact) mass is 184 g/mol. The Labute approximate surface area is 74.5 Å². The molecule has 4 nitrogen and oxygen atoms in total. The molecule has 2 aromatic heterocycles. The van der Waals surface area contributed by atoms with Crippen LogP contribution in [-0.2, 0) is 6.42 Å². The second-order valence-corrected chi connectivity index (χ2v) is 3.06. The molecule has 0 aliphatic carbocycles. The van der Waals surface area contributed by atoms with E-state index in [0.717, 1.165) is 17.9 Å². The van der Waals surface area contributed by atoms with E-state index in [1.54, 1.807) is 0 Å². The highest BCUT2D eigenvalue weighted by atomic mass is 35.5. The van der Waals surface area contributed by atoms with Crippen LogP contribution in [-0.4, -0.2) is 19.8 Å². The number of H-pyrrole nitrogens is 1. The molecule has 0 amide bonds. The van der Waals surface area contributed by atoms with Crippen molar-refractivity contribution < 1.29 is 0 Å². The van der Waals surface area contributed by atoms with Gasteiger partial charge in [-0.15, -0.1) is 10.2 Å². The second-order valence-electron chi connectivity index (χ2n) is 2.68. The van der Waals surface area contributed by atoms with Gasteiger partial charge in [0.05, 0.1) is 5.69 Å². The van der Waals surface area contributed by atoms with Crippen molar-refractivity contribution in [2.24, 2.45) is 0 Å². The van der Waals surface area contributed by atoms with Gasteiger partial charge in [0.15, 0.2) is 11.5 Å². The Morgan fingerprint density at radius 2 is 2.25 bits per heavy atom. The third kappa shape index (κ3) is 0.845. The van der Waals surface area contributed by atoms with Gasteiger partial charge in [-0.05, 0) is 6.92 Å². The Hall–Kier alpha value is -1.03. The summed E-state index contributed by atoms with van der Waals surface area (Å²) in [7, 11) is 0.